The smallest absolute Gasteiger partial charge is 0.227 e. The van der Waals surface area contributed by atoms with E-state index in [0.717, 1.165) is 44.0 Å². The lowest BCUT2D eigenvalue weighted by Gasteiger charge is -2.10. The summed E-state index contributed by atoms with van der Waals surface area (Å²) in [5.41, 5.74) is 6.76. The Kier molecular flexibility index (Phi) is 6.81. The highest BCUT2D eigenvalue weighted by molar-refractivity contribution is 7.99. The first-order valence-electron chi connectivity index (χ1n) is 12.9. The Morgan fingerprint density at radius 2 is 1.68 bits per heavy atom. The first-order chi connectivity index (χ1) is 19.5. The van der Waals surface area contributed by atoms with Crippen LogP contribution in [0.25, 0.3) is 39.0 Å². The molecule has 0 spiro atoms. The molecule has 196 valence electrons. The number of anilines is 1. The van der Waals surface area contributed by atoms with Crippen LogP contribution in [0.15, 0.2) is 94.5 Å². The van der Waals surface area contributed by atoms with Gasteiger partial charge in [-0.15, -0.1) is 10.2 Å². The lowest BCUT2D eigenvalue weighted by molar-refractivity contribution is -0.115. The lowest BCUT2D eigenvalue weighted by atomic mass is 9.98. The van der Waals surface area contributed by atoms with E-state index >= 15 is 0 Å². The van der Waals surface area contributed by atoms with E-state index in [0.29, 0.717) is 22.6 Å². The first-order valence-corrected chi connectivity index (χ1v) is 13.9. The maximum atomic E-state index is 13.0. The highest BCUT2D eigenvalue weighted by Crippen LogP contribution is 2.41. The SMILES string of the molecule is Cc1cc2nnc(SCCC(=O)Nc3oc(-c4ccccc4)c(-c4ccccc4)c3C#N)n2c2c(C)cccc12. The maximum absolute atomic E-state index is 13.0. The van der Waals surface area contributed by atoms with Gasteiger partial charge in [0.15, 0.2) is 10.8 Å². The number of pyridine rings is 1. The van der Waals surface area contributed by atoms with E-state index in [1.165, 1.54) is 11.8 Å². The number of thioether (sulfide) groups is 1. The molecule has 7 nitrogen and oxygen atoms in total. The molecule has 0 aliphatic rings. The second-order valence-corrected chi connectivity index (χ2v) is 10.5. The molecule has 1 amide bonds. The molecule has 0 unspecified atom stereocenters. The van der Waals surface area contributed by atoms with E-state index in [1.54, 1.807) is 0 Å². The van der Waals surface area contributed by atoms with Gasteiger partial charge in [0.05, 0.1) is 5.52 Å². The second kappa shape index (κ2) is 10.7. The van der Waals surface area contributed by atoms with Crippen LogP contribution < -0.4 is 5.32 Å². The topological polar surface area (TPSA) is 96.2 Å². The van der Waals surface area contributed by atoms with Crippen molar-refractivity contribution >= 4 is 40.1 Å². The molecule has 6 aromatic rings. The summed E-state index contributed by atoms with van der Waals surface area (Å²) >= 11 is 1.47. The third-order valence-electron chi connectivity index (χ3n) is 6.82. The fraction of sp³-hybridized carbons (Fsp3) is 0.125. The van der Waals surface area contributed by atoms with Crippen LogP contribution in [0.4, 0.5) is 5.88 Å². The summed E-state index contributed by atoms with van der Waals surface area (Å²) < 4.78 is 8.20. The standard InChI is InChI=1S/C32H25N5O2S/c1-20-10-9-15-24-21(2)18-26-35-36-32(37(26)29(20)24)40-17-16-27(38)34-31-25(19-33)28(22-11-5-3-6-12-22)30(39-31)23-13-7-4-8-14-23/h3-15,18H,16-17H2,1-2H3,(H,34,38). The third-order valence-corrected chi connectivity index (χ3v) is 7.75. The van der Waals surface area contributed by atoms with E-state index in [2.05, 4.69) is 58.0 Å². The number of aryl methyl sites for hydroxylation is 2. The molecular formula is C32H25N5O2S. The molecule has 1 N–H and O–H groups in total. The average molecular weight is 544 g/mol. The summed E-state index contributed by atoms with van der Waals surface area (Å²) in [6.07, 6.45) is 0.204. The number of nitrogens with one attached hydrogen (secondary N) is 1. The van der Waals surface area contributed by atoms with Gasteiger partial charge in [0.2, 0.25) is 11.8 Å². The van der Waals surface area contributed by atoms with Crippen molar-refractivity contribution in [1.82, 2.24) is 14.6 Å². The number of furan rings is 1. The molecule has 0 atom stereocenters. The summed E-state index contributed by atoms with van der Waals surface area (Å²) in [6, 6.07) is 29.7. The van der Waals surface area contributed by atoms with Gasteiger partial charge in [-0.05, 0) is 36.6 Å². The van der Waals surface area contributed by atoms with Crippen LogP contribution in [0.2, 0.25) is 0 Å². The number of nitrogens with zero attached hydrogens (tertiary/aromatic N) is 4. The van der Waals surface area contributed by atoms with Crippen molar-refractivity contribution in [3.05, 3.63) is 102 Å². The molecular weight excluding hydrogens is 518 g/mol. The summed E-state index contributed by atoms with van der Waals surface area (Å²) in [6.45, 7) is 4.15. The number of rotatable bonds is 7. The highest BCUT2D eigenvalue weighted by Gasteiger charge is 2.24. The van der Waals surface area contributed by atoms with Crippen molar-refractivity contribution < 1.29 is 9.21 Å². The quantitative estimate of drug-likeness (QED) is 0.211. The number of carbonyl (C=O) groups excluding carboxylic acids is 1. The minimum atomic E-state index is -0.248. The molecule has 0 fully saturated rings. The molecule has 0 aliphatic carbocycles. The summed E-state index contributed by atoms with van der Waals surface area (Å²) in [4.78, 5) is 13.0. The van der Waals surface area contributed by atoms with E-state index in [9.17, 15) is 10.1 Å². The Balaban J connectivity index is 1.25. The summed E-state index contributed by atoms with van der Waals surface area (Å²) in [7, 11) is 0. The zero-order chi connectivity index (χ0) is 27.6. The monoisotopic (exact) mass is 543 g/mol. The van der Waals surface area contributed by atoms with Crippen molar-refractivity contribution in [2.75, 3.05) is 11.1 Å². The molecule has 3 aromatic carbocycles. The van der Waals surface area contributed by atoms with E-state index in [4.69, 9.17) is 4.42 Å². The molecule has 8 heteroatoms. The van der Waals surface area contributed by atoms with Crippen molar-refractivity contribution in [3.63, 3.8) is 0 Å². The van der Waals surface area contributed by atoms with Gasteiger partial charge in [0.25, 0.3) is 0 Å². The van der Waals surface area contributed by atoms with Gasteiger partial charge in [-0.1, -0.05) is 90.6 Å². The van der Waals surface area contributed by atoms with E-state index < -0.39 is 0 Å². The van der Waals surface area contributed by atoms with Crippen LogP contribution in [-0.4, -0.2) is 26.3 Å². The van der Waals surface area contributed by atoms with Gasteiger partial charge in [-0.2, -0.15) is 5.26 Å². The van der Waals surface area contributed by atoms with E-state index in [1.807, 2.05) is 66.7 Å². The van der Waals surface area contributed by atoms with E-state index in [-0.39, 0.29) is 18.2 Å². The van der Waals surface area contributed by atoms with Gasteiger partial charge in [0, 0.05) is 28.7 Å². The number of amides is 1. The molecule has 6 rings (SSSR count). The van der Waals surface area contributed by atoms with Crippen molar-refractivity contribution in [2.45, 2.75) is 25.4 Å². The molecule has 40 heavy (non-hydrogen) atoms. The Labute approximate surface area is 235 Å². The molecule has 0 saturated heterocycles. The second-order valence-electron chi connectivity index (χ2n) is 9.48. The molecule has 0 aliphatic heterocycles. The number of hydrogen-bond acceptors (Lipinski definition) is 6. The van der Waals surface area contributed by atoms with Gasteiger partial charge in [-0.3, -0.25) is 14.5 Å². The van der Waals surface area contributed by atoms with Crippen LogP contribution in [0.5, 0.6) is 0 Å². The number of fused-ring (bicyclic) bond motifs is 3. The zero-order valence-corrected chi connectivity index (χ0v) is 22.8. The Hall–Kier alpha value is -4.87. The van der Waals surface area contributed by atoms with Crippen molar-refractivity contribution in [1.29, 1.82) is 5.26 Å². The lowest BCUT2D eigenvalue weighted by Crippen LogP contribution is -2.12. The van der Waals surface area contributed by atoms with Gasteiger partial charge < -0.3 is 4.42 Å². The average Bonchev–Trinajstić information content (AvgIpc) is 3.55. The maximum Gasteiger partial charge on any atom is 0.227 e. The van der Waals surface area contributed by atoms with Crippen molar-refractivity contribution in [3.8, 4) is 28.5 Å². The molecule has 0 bridgehead atoms. The van der Waals surface area contributed by atoms with Gasteiger partial charge >= 0.3 is 0 Å². The minimum Gasteiger partial charge on any atom is -0.438 e. The van der Waals surface area contributed by atoms with Crippen LogP contribution in [0, 0.1) is 25.2 Å². The third kappa shape index (κ3) is 4.61. The molecule has 3 aromatic heterocycles. The number of para-hydroxylation sites is 1. The fourth-order valence-corrected chi connectivity index (χ4v) is 5.83. The fourth-order valence-electron chi connectivity index (χ4n) is 4.95. The number of benzene rings is 3. The Morgan fingerprint density at radius 1 is 0.950 bits per heavy atom. The highest BCUT2D eigenvalue weighted by atomic mass is 32.2. The van der Waals surface area contributed by atoms with Gasteiger partial charge in [0.1, 0.15) is 17.4 Å². The summed E-state index contributed by atoms with van der Waals surface area (Å²) in [5, 5.41) is 23.6. The largest absolute Gasteiger partial charge is 0.438 e. The number of nitriles is 1. The molecule has 0 saturated carbocycles. The molecule has 0 radical (unpaired) electrons. The number of carbonyl (C=O) groups is 1. The van der Waals surface area contributed by atoms with Crippen molar-refractivity contribution in [2.24, 2.45) is 0 Å². The minimum absolute atomic E-state index is 0.153. The summed E-state index contributed by atoms with van der Waals surface area (Å²) in [5.74, 6) is 0.927. The number of aromatic nitrogens is 3. The Bertz CT molecular complexity index is 1900. The van der Waals surface area contributed by atoms with Crippen LogP contribution in [-0.2, 0) is 4.79 Å². The predicted octanol–water partition coefficient (Wildman–Crippen LogP) is 7.42. The number of hydrogen-bond donors (Lipinski definition) is 1. The molecule has 3 heterocycles. The Morgan fingerprint density at radius 3 is 2.40 bits per heavy atom. The van der Waals surface area contributed by atoms with Gasteiger partial charge in [-0.25, -0.2) is 0 Å². The van der Waals surface area contributed by atoms with Crippen LogP contribution >= 0.6 is 11.8 Å². The first kappa shape index (κ1) is 25.4. The normalized spacial score (nSPS) is 11.1. The van der Waals surface area contributed by atoms with Crippen LogP contribution in [0.1, 0.15) is 23.1 Å². The predicted molar refractivity (Wildman–Crippen MR) is 158 cm³/mol. The van der Waals surface area contributed by atoms with Crippen LogP contribution in [0.3, 0.4) is 0 Å². The zero-order valence-electron chi connectivity index (χ0n) is 22.0.